The standard InChI is InChI=1S/C16H32N2O2/c1-5-10-17-16(3,15(19)20-4)9-13-18-11-6-7-14(2)8-12-18/h14,17H,5-13H2,1-4H3. The number of esters is 1. The summed E-state index contributed by atoms with van der Waals surface area (Å²) in [6, 6.07) is 0. The van der Waals surface area contributed by atoms with Gasteiger partial charge in [-0.2, -0.15) is 0 Å². The molecule has 0 saturated carbocycles. The van der Waals surface area contributed by atoms with Crippen molar-refractivity contribution < 1.29 is 9.53 Å². The van der Waals surface area contributed by atoms with Crippen molar-refractivity contribution in [2.75, 3.05) is 33.3 Å². The van der Waals surface area contributed by atoms with Crippen LogP contribution in [0.25, 0.3) is 0 Å². The lowest BCUT2D eigenvalue weighted by molar-refractivity contribution is -0.148. The highest BCUT2D eigenvalue weighted by atomic mass is 16.5. The van der Waals surface area contributed by atoms with E-state index in [0.717, 1.165) is 44.9 Å². The molecule has 1 rings (SSSR count). The fourth-order valence-electron chi connectivity index (χ4n) is 2.82. The van der Waals surface area contributed by atoms with Gasteiger partial charge < -0.3 is 15.0 Å². The Kier molecular flexibility index (Phi) is 7.52. The molecule has 1 fully saturated rings. The van der Waals surface area contributed by atoms with Gasteiger partial charge in [0.05, 0.1) is 7.11 Å². The average Bonchev–Trinajstić information content (AvgIpc) is 2.66. The largest absolute Gasteiger partial charge is 0.468 e. The van der Waals surface area contributed by atoms with Crippen LogP contribution in [0.4, 0.5) is 0 Å². The normalized spacial score (nSPS) is 23.9. The number of carbonyl (C=O) groups excluding carboxylic acids is 1. The highest BCUT2D eigenvalue weighted by Crippen LogP contribution is 2.19. The lowest BCUT2D eigenvalue weighted by atomic mass is 9.97. The van der Waals surface area contributed by atoms with Gasteiger partial charge >= 0.3 is 5.97 Å². The summed E-state index contributed by atoms with van der Waals surface area (Å²) in [6.07, 6.45) is 5.72. The molecule has 0 bridgehead atoms. The monoisotopic (exact) mass is 284 g/mol. The lowest BCUT2D eigenvalue weighted by Gasteiger charge is -2.31. The quantitative estimate of drug-likeness (QED) is 0.729. The van der Waals surface area contributed by atoms with Crippen molar-refractivity contribution in [2.45, 2.75) is 58.4 Å². The summed E-state index contributed by atoms with van der Waals surface area (Å²) in [5, 5.41) is 3.36. The van der Waals surface area contributed by atoms with Crippen LogP contribution in [0, 0.1) is 5.92 Å². The number of rotatable bonds is 7. The van der Waals surface area contributed by atoms with Crippen LogP contribution < -0.4 is 5.32 Å². The van der Waals surface area contributed by atoms with Gasteiger partial charge in [-0.3, -0.25) is 4.79 Å². The Bertz CT molecular complexity index is 296. The Morgan fingerprint density at radius 1 is 1.40 bits per heavy atom. The van der Waals surface area contributed by atoms with Crippen LogP contribution in [0.1, 0.15) is 52.9 Å². The third-order valence-corrected chi connectivity index (χ3v) is 4.44. The molecule has 0 aromatic heterocycles. The maximum atomic E-state index is 12.0. The van der Waals surface area contributed by atoms with E-state index in [1.807, 2.05) is 6.92 Å². The molecule has 1 saturated heterocycles. The molecule has 1 aliphatic rings. The Morgan fingerprint density at radius 2 is 2.15 bits per heavy atom. The maximum absolute atomic E-state index is 12.0. The zero-order valence-corrected chi connectivity index (χ0v) is 13.7. The number of hydrogen-bond acceptors (Lipinski definition) is 4. The van der Waals surface area contributed by atoms with Crippen molar-refractivity contribution in [2.24, 2.45) is 5.92 Å². The molecule has 1 N–H and O–H groups in total. The molecule has 4 nitrogen and oxygen atoms in total. The van der Waals surface area contributed by atoms with Gasteiger partial charge in [-0.15, -0.1) is 0 Å². The van der Waals surface area contributed by atoms with Crippen LogP contribution in [0.15, 0.2) is 0 Å². The zero-order chi connectivity index (χ0) is 15.0. The summed E-state index contributed by atoms with van der Waals surface area (Å²) < 4.78 is 4.97. The number of nitrogens with one attached hydrogen (secondary N) is 1. The van der Waals surface area contributed by atoms with Crippen LogP contribution >= 0.6 is 0 Å². The van der Waals surface area contributed by atoms with Crippen molar-refractivity contribution in [3.8, 4) is 0 Å². The van der Waals surface area contributed by atoms with Gasteiger partial charge in [-0.25, -0.2) is 0 Å². The van der Waals surface area contributed by atoms with Crippen molar-refractivity contribution >= 4 is 5.97 Å². The molecule has 0 aromatic carbocycles. The lowest BCUT2D eigenvalue weighted by Crippen LogP contribution is -2.52. The summed E-state index contributed by atoms with van der Waals surface area (Å²) in [5.41, 5.74) is -0.553. The SMILES string of the molecule is CCCNC(C)(CCN1CCCC(C)CC1)C(=O)OC. The average molecular weight is 284 g/mol. The smallest absolute Gasteiger partial charge is 0.325 e. The first-order valence-corrected chi connectivity index (χ1v) is 8.07. The van der Waals surface area contributed by atoms with Crippen molar-refractivity contribution in [1.29, 1.82) is 0 Å². The van der Waals surface area contributed by atoms with Gasteiger partial charge in [0.15, 0.2) is 0 Å². The van der Waals surface area contributed by atoms with E-state index >= 15 is 0 Å². The first-order chi connectivity index (χ1) is 9.51. The second-order valence-corrected chi connectivity index (χ2v) is 6.38. The molecule has 1 heterocycles. The molecule has 2 unspecified atom stereocenters. The fraction of sp³-hybridized carbons (Fsp3) is 0.938. The van der Waals surface area contributed by atoms with E-state index in [1.165, 1.54) is 26.4 Å². The van der Waals surface area contributed by atoms with Crippen molar-refractivity contribution in [3.05, 3.63) is 0 Å². The first-order valence-electron chi connectivity index (χ1n) is 8.07. The molecule has 0 radical (unpaired) electrons. The number of likely N-dealkylation sites (tertiary alicyclic amines) is 1. The molecule has 1 aliphatic heterocycles. The third kappa shape index (κ3) is 5.41. The van der Waals surface area contributed by atoms with E-state index in [-0.39, 0.29) is 5.97 Å². The minimum atomic E-state index is -0.553. The Balaban J connectivity index is 2.50. The van der Waals surface area contributed by atoms with Gasteiger partial charge in [0.1, 0.15) is 5.54 Å². The van der Waals surface area contributed by atoms with E-state index in [4.69, 9.17) is 4.74 Å². The zero-order valence-electron chi connectivity index (χ0n) is 13.7. The second-order valence-electron chi connectivity index (χ2n) is 6.38. The Hall–Kier alpha value is -0.610. The fourth-order valence-corrected chi connectivity index (χ4v) is 2.82. The number of nitrogens with zero attached hydrogens (tertiary/aromatic N) is 1. The van der Waals surface area contributed by atoms with Gasteiger partial charge in [-0.05, 0) is 64.6 Å². The highest BCUT2D eigenvalue weighted by molar-refractivity contribution is 5.80. The Labute approximate surface area is 124 Å². The minimum Gasteiger partial charge on any atom is -0.468 e. The first kappa shape index (κ1) is 17.4. The highest BCUT2D eigenvalue weighted by Gasteiger charge is 2.33. The summed E-state index contributed by atoms with van der Waals surface area (Å²) in [7, 11) is 1.47. The van der Waals surface area contributed by atoms with Gasteiger partial charge in [0.2, 0.25) is 0 Å². The second kappa shape index (κ2) is 8.63. The molecule has 0 amide bonds. The van der Waals surface area contributed by atoms with E-state index < -0.39 is 5.54 Å². The number of methoxy groups -OCH3 is 1. The molecule has 2 atom stereocenters. The summed E-state index contributed by atoms with van der Waals surface area (Å²) in [4.78, 5) is 14.5. The number of ether oxygens (including phenoxy) is 1. The summed E-state index contributed by atoms with van der Waals surface area (Å²) in [5.74, 6) is 0.694. The topological polar surface area (TPSA) is 41.6 Å². The van der Waals surface area contributed by atoms with Gasteiger partial charge in [0.25, 0.3) is 0 Å². The maximum Gasteiger partial charge on any atom is 0.325 e. The molecule has 0 aliphatic carbocycles. The van der Waals surface area contributed by atoms with E-state index in [0.29, 0.717) is 0 Å². The van der Waals surface area contributed by atoms with E-state index in [1.54, 1.807) is 0 Å². The van der Waals surface area contributed by atoms with Crippen LogP contribution in [0.2, 0.25) is 0 Å². The number of carbonyl (C=O) groups is 1. The molecular formula is C16H32N2O2. The van der Waals surface area contributed by atoms with Crippen LogP contribution in [-0.4, -0.2) is 49.7 Å². The van der Waals surface area contributed by atoms with Gasteiger partial charge in [0, 0.05) is 6.54 Å². The van der Waals surface area contributed by atoms with E-state index in [9.17, 15) is 4.79 Å². The molecule has 118 valence electrons. The third-order valence-electron chi connectivity index (χ3n) is 4.44. The predicted octanol–water partition coefficient (Wildman–Crippen LogP) is 2.43. The molecule has 0 spiro atoms. The minimum absolute atomic E-state index is 0.144. The molecular weight excluding hydrogens is 252 g/mol. The summed E-state index contributed by atoms with van der Waals surface area (Å²) in [6.45, 7) is 10.6. The van der Waals surface area contributed by atoms with Gasteiger partial charge in [-0.1, -0.05) is 13.8 Å². The summed E-state index contributed by atoms with van der Waals surface area (Å²) >= 11 is 0. The van der Waals surface area contributed by atoms with E-state index in [2.05, 4.69) is 24.1 Å². The van der Waals surface area contributed by atoms with Crippen LogP contribution in [-0.2, 0) is 9.53 Å². The Morgan fingerprint density at radius 3 is 2.80 bits per heavy atom. The van der Waals surface area contributed by atoms with Crippen LogP contribution in [0.5, 0.6) is 0 Å². The molecule has 4 heteroatoms. The molecule has 20 heavy (non-hydrogen) atoms. The molecule has 0 aromatic rings. The van der Waals surface area contributed by atoms with Crippen LogP contribution in [0.3, 0.4) is 0 Å². The number of hydrogen-bond donors (Lipinski definition) is 1. The van der Waals surface area contributed by atoms with Crippen molar-refractivity contribution in [3.63, 3.8) is 0 Å². The van der Waals surface area contributed by atoms with Crippen molar-refractivity contribution in [1.82, 2.24) is 10.2 Å². The predicted molar refractivity (Wildman–Crippen MR) is 82.8 cm³/mol.